The lowest BCUT2D eigenvalue weighted by atomic mass is 10.2. The van der Waals surface area contributed by atoms with Crippen LogP contribution in [-0.4, -0.2) is 15.3 Å². The molecule has 0 radical (unpaired) electrons. The summed E-state index contributed by atoms with van der Waals surface area (Å²) in [7, 11) is 0. The molecule has 5 heteroatoms. The van der Waals surface area contributed by atoms with Gasteiger partial charge in [-0.2, -0.15) is 5.26 Å². The maximum absolute atomic E-state index is 12.5. The lowest BCUT2D eigenvalue weighted by Crippen LogP contribution is -2.23. The molecule has 0 aliphatic rings. The van der Waals surface area contributed by atoms with Gasteiger partial charge in [-0.25, -0.2) is 4.98 Å². The summed E-state index contributed by atoms with van der Waals surface area (Å²) in [5.41, 5.74) is 0.724. The lowest BCUT2D eigenvalue weighted by molar-refractivity contribution is 0.584. The smallest absolute Gasteiger partial charge is 0.262 e. The highest BCUT2D eigenvalue weighted by Gasteiger charge is 2.12. The van der Waals surface area contributed by atoms with Crippen LogP contribution in [0.1, 0.15) is 20.3 Å². The number of benzene rings is 1. The molecule has 20 heavy (non-hydrogen) atoms. The molecule has 0 N–H and O–H groups in total. The summed E-state index contributed by atoms with van der Waals surface area (Å²) in [4.78, 5) is 17.1. The molecule has 1 aromatic carbocycles. The van der Waals surface area contributed by atoms with E-state index in [1.807, 2.05) is 38.1 Å². The van der Waals surface area contributed by atoms with Crippen molar-refractivity contribution >= 4 is 22.7 Å². The molecule has 0 amide bonds. The fourth-order valence-electron chi connectivity index (χ4n) is 1.92. The van der Waals surface area contributed by atoms with Gasteiger partial charge in [0.1, 0.15) is 0 Å². The minimum Gasteiger partial charge on any atom is -0.287 e. The van der Waals surface area contributed by atoms with Crippen molar-refractivity contribution in [1.82, 2.24) is 9.55 Å². The van der Waals surface area contributed by atoms with Crippen LogP contribution in [0.4, 0.5) is 0 Å². The number of nitriles is 1. The van der Waals surface area contributed by atoms with Crippen LogP contribution >= 0.6 is 11.8 Å². The first-order chi connectivity index (χ1) is 9.67. The molecule has 4 nitrogen and oxygen atoms in total. The molecule has 0 aliphatic heterocycles. The molecule has 0 unspecified atom stereocenters. The zero-order valence-electron chi connectivity index (χ0n) is 11.7. The van der Waals surface area contributed by atoms with Gasteiger partial charge in [-0.3, -0.25) is 9.36 Å². The van der Waals surface area contributed by atoms with Gasteiger partial charge in [-0.15, -0.1) is 0 Å². The Balaban J connectivity index is 2.48. The molecule has 0 spiro atoms. The van der Waals surface area contributed by atoms with E-state index >= 15 is 0 Å². The SMILES string of the molecule is CCCn1c(SC[C@H](C)C#N)nc2ccccc2c1=O. The molecule has 0 saturated heterocycles. The van der Waals surface area contributed by atoms with Gasteiger partial charge in [-0.1, -0.05) is 30.8 Å². The maximum Gasteiger partial charge on any atom is 0.262 e. The van der Waals surface area contributed by atoms with E-state index in [9.17, 15) is 4.79 Å². The molecular weight excluding hydrogens is 270 g/mol. The first kappa shape index (κ1) is 14.6. The third-order valence-corrected chi connectivity index (χ3v) is 4.19. The number of hydrogen-bond acceptors (Lipinski definition) is 4. The molecule has 2 rings (SSSR count). The third-order valence-electron chi connectivity index (χ3n) is 2.96. The molecule has 2 aromatic rings. The van der Waals surface area contributed by atoms with E-state index in [0.717, 1.165) is 11.9 Å². The Hall–Kier alpha value is -1.80. The maximum atomic E-state index is 12.5. The van der Waals surface area contributed by atoms with Crippen molar-refractivity contribution in [1.29, 1.82) is 5.26 Å². The van der Waals surface area contributed by atoms with Crippen LogP contribution in [-0.2, 0) is 6.54 Å². The van der Waals surface area contributed by atoms with Crippen LogP contribution in [0.3, 0.4) is 0 Å². The number of fused-ring (bicyclic) bond motifs is 1. The zero-order valence-corrected chi connectivity index (χ0v) is 12.5. The predicted octanol–water partition coefficient (Wildman–Crippen LogP) is 3.06. The van der Waals surface area contributed by atoms with E-state index in [0.29, 0.717) is 22.8 Å². The van der Waals surface area contributed by atoms with Gasteiger partial charge < -0.3 is 0 Å². The molecule has 0 bridgehead atoms. The van der Waals surface area contributed by atoms with Gasteiger partial charge >= 0.3 is 0 Å². The van der Waals surface area contributed by atoms with Crippen molar-refractivity contribution < 1.29 is 0 Å². The average Bonchev–Trinajstić information content (AvgIpc) is 2.48. The highest BCUT2D eigenvalue weighted by atomic mass is 32.2. The lowest BCUT2D eigenvalue weighted by Gasteiger charge is -2.12. The number of rotatable bonds is 5. The van der Waals surface area contributed by atoms with Crippen molar-refractivity contribution in [2.75, 3.05) is 5.75 Å². The van der Waals surface area contributed by atoms with E-state index in [1.54, 1.807) is 4.57 Å². The van der Waals surface area contributed by atoms with Crippen molar-refractivity contribution in [3.05, 3.63) is 34.6 Å². The number of nitrogens with zero attached hydrogens (tertiary/aromatic N) is 3. The number of aromatic nitrogens is 2. The molecule has 1 aromatic heterocycles. The Morgan fingerprint density at radius 2 is 2.20 bits per heavy atom. The first-order valence-electron chi connectivity index (χ1n) is 6.69. The molecule has 0 saturated carbocycles. The second-order valence-corrected chi connectivity index (χ2v) is 5.70. The van der Waals surface area contributed by atoms with E-state index in [2.05, 4.69) is 11.1 Å². The first-order valence-corrected chi connectivity index (χ1v) is 7.68. The quantitative estimate of drug-likeness (QED) is 0.626. The average molecular weight is 287 g/mol. The molecule has 1 atom stereocenters. The van der Waals surface area contributed by atoms with E-state index in [4.69, 9.17) is 5.26 Å². The highest BCUT2D eigenvalue weighted by molar-refractivity contribution is 7.99. The van der Waals surface area contributed by atoms with Crippen LogP contribution in [0.25, 0.3) is 10.9 Å². The minimum absolute atomic E-state index is 0.00422. The van der Waals surface area contributed by atoms with Gasteiger partial charge in [0.15, 0.2) is 5.16 Å². The Labute approximate surface area is 122 Å². The van der Waals surface area contributed by atoms with Crippen LogP contribution in [0.5, 0.6) is 0 Å². The van der Waals surface area contributed by atoms with Crippen molar-refractivity contribution in [2.24, 2.45) is 5.92 Å². The van der Waals surface area contributed by atoms with Gasteiger partial charge in [0, 0.05) is 12.3 Å². The van der Waals surface area contributed by atoms with E-state index < -0.39 is 0 Å². The van der Waals surface area contributed by atoms with Gasteiger partial charge in [0.2, 0.25) is 0 Å². The van der Waals surface area contributed by atoms with Gasteiger partial charge in [0.25, 0.3) is 5.56 Å². The van der Waals surface area contributed by atoms with Gasteiger partial charge in [-0.05, 0) is 25.5 Å². The van der Waals surface area contributed by atoms with E-state index in [-0.39, 0.29) is 11.5 Å². The van der Waals surface area contributed by atoms with Crippen LogP contribution in [0.2, 0.25) is 0 Å². The summed E-state index contributed by atoms with van der Waals surface area (Å²) < 4.78 is 1.72. The molecule has 104 valence electrons. The minimum atomic E-state index is -0.0570. The Bertz CT molecular complexity index is 702. The summed E-state index contributed by atoms with van der Waals surface area (Å²) in [6.07, 6.45) is 0.876. The largest absolute Gasteiger partial charge is 0.287 e. The van der Waals surface area contributed by atoms with Crippen molar-refractivity contribution in [2.45, 2.75) is 32.0 Å². The topological polar surface area (TPSA) is 58.7 Å². The molecule has 0 fully saturated rings. The Morgan fingerprint density at radius 1 is 1.45 bits per heavy atom. The zero-order chi connectivity index (χ0) is 14.5. The molecule has 0 aliphatic carbocycles. The Kier molecular flexibility index (Phi) is 4.80. The second-order valence-electron chi connectivity index (χ2n) is 4.71. The highest BCUT2D eigenvalue weighted by Crippen LogP contribution is 2.20. The monoisotopic (exact) mass is 287 g/mol. The second kappa shape index (κ2) is 6.58. The van der Waals surface area contributed by atoms with Crippen LogP contribution in [0, 0.1) is 17.2 Å². The normalized spacial score (nSPS) is 12.2. The van der Waals surface area contributed by atoms with E-state index in [1.165, 1.54) is 11.8 Å². The number of hydrogen-bond donors (Lipinski definition) is 0. The fourth-order valence-corrected chi connectivity index (χ4v) is 2.88. The van der Waals surface area contributed by atoms with Gasteiger partial charge in [0.05, 0.1) is 22.9 Å². The summed E-state index contributed by atoms with van der Waals surface area (Å²) in [6, 6.07) is 9.60. The molecular formula is C15H17N3OS. The third kappa shape index (κ3) is 3.02. The van der Waals surface area contributed by atoms with Crippen molar-refractivity contribution in [3.63, 3.8) is 0 Å². The standard InChI is InChI=1S/C15H17N3OS/c1-3-8-18-14(19)12-6-4-5-7-13(12)17-15(18)20-10-11(2)9-16/h4-7,11H,3,8,10H2,1-2H3/t11-/m1/s1. The summed E-state index contributed by atoms with van der Waals surface area (Å²) in [6.45, 7) is 4.56. The molecule has 1 heterocycles. The summed E-state index contributed by atoms with van der Waals surface area (Å²) in [5, 5.41) is 10.2. The summed E-state index contributed by atoms with van der Waals surface area (Å²) >= 11 is 1.48. The fraction of sp³-hybridized carbons (Fsp3) is 0.400. The summed E-state index contributed by atoms with van der Waals surface area (Å²) in [5.74, 6) is 0.587. The number of para-hydroxylation sites is 1. The number of thioether (sulfide) groups is 1. The Morgan fingerprint density at radius 3 is 2.90 bits per heavy atom. The van der Waals surface area contributed by atoms with Crippen molar-refractivity contribution in [3.8, 4) is 6.07 Å². The van der Waals surface area contributed by atoms with Crippen LogP contribution < -0.4 is 5.56 Å². The predicted molar refractivity (Wildman–Crippen MR) is 81.8 cm³/mol. The van der Waals surface area contributed by atoms with Crippen LogP contribution in [0.15, 0.2) is 34.2 Å².